The van der Waals surface area contributed by atoms with Crippen molar-refractivity contribution in [2.45, 2.75) is 23.9 Å². The second-order valence-corrected chi connectivity index (χ2v) is 7.28. The molecule has 3 nitrogen and oxygen atoms in total. The summed E-state index contributed by atoms with van der Waals surface area (Å²) in [6.45, 7) is 0.394. The summed E-state index contributed by atoms with van der Waals surface area (Å²) in [4.78, 5) is -0.386. The summed E-state index contributed by atoms with van der Waals surface area (Å²) in [5.74, 6) is -1.37. The minimum absolute atomic E-state index is 0.0502. The summed E-state index contributed by atoms with van der Waals surface area (Å²) >= 11 is 0. The Morgan fingerprint density at radius 2 is 1.81 bits per heavy atom. The molecule has 2 aromatic rings. The van der Waals surface area contributed by atoms with Crippen molar-refractivity contribution in [2.75, 3.05) is 11.9 Å². The van der Waals surface area contributed by atoms with Crippen molar-refractivity contribution in [3.8, 4) is 0 Å². The van der Waals surface area contributed by atoms with Crippen molar-refractivity contribution < 1.29 is 26.2 Å². The number of alkyl halides is 3. The number of halogens is 5. The second-order valence-electron chi connectivity index (χ2n) is 6.02. The molecule has 0 bridgehead atoms. The first-order chi connectivity index (χ1) is 12.2. The highest BCUT2D eigenvalue weighted by atomic mass is 32.2. The third-order valence-corrected chi connectivity index (χ3v) is 5.08. The Kier molecular flexibility index (Phi) is 5.29. The van der Waals surface area contributed by atoms with Crippen LogP contribution in [-0.4, -0.2) is 10.8 Å². The van der Waals surface area contributed by atoms with Crippen molar-refractivity contribution in [1.29, 1.82) is 0 Å². The summed E-state index contributed by atoms with van der Waals surface area (Å²) in [6.07, 6.45) is -2.78. The van der Waals surface area contributed by atoms with E-state index in [1.165, 1.54) is 6.07 Å². The predicted molar refractivity (Wildman–Crippen MR) is 88.2 cm³/mol. The minimum Gasteiger partial charge on any atom is -0.353 e. The van der Waals surface area contributed by atoms with Crippen LogP contribution in [0.1, 0.15) is 18.4 Å². The van der Waals surface area contributed by atoms with Gasteiger partial charge >= 0.3 is 6.18 Å². The van der Waals surface area contributed by atoms with Crippen LogP contribution in [0.25, 0.3) is 0 Å². The van der Waals surface area contributed by atoms with Crippen molar-refractivity contribution in [3.63, 3.8) is 0 Å². The van der Waals surface area contributed by atoms with Crippen LogP contribution in [0.15, 0.2) is 41.3 Å². The lowest BCUT2D eigenvalue weighted by Crippen LogP contribution is -2.22. The highest BCUT2D eigenvalue weighted by Crippen LogP contribution is 2.36. The van der Waals surface area contributed by atoms with Crippen molar-refractivity contribution in [3.05, 3.63) is 53.6 Å². The van der Waals surface area contributed by atoms with Gasteiger partial charge in [0.15, 0.2) is 0 Å². The summed E-state index contributed by atoms with van der Waals surface area (Å²) in [7, 11) is -2.01. The molecule has 140 valence electrons. The van der Waals surface area contributed by atoms with E-state index in [0.29, 0.717) is 18.5 Å². The van der Waals surface area contributed by atoms with Crippen LogP contribution in [0, 0.1) is 17.6 Å². The Bertz CT molecular complexity index is 836. The number of hydrogen-bond acceptors (Lipinski definition) is 2. The molecule has 1 aliphatic carbocycles. The third kappa shape index (κ3) is 4.59. The molecule has 1 atom stereocenters. The Labute approximate surface area is 149 Å². The van der Waals surface area contributed by atoms with Gasteiger partial charge < -0.3 is 5.32 Å². The molecule has 0 amide bonds. The fourth-order valence-corrected chi connectivity index (χ4v) is 3.44. The van der Waals surface area contributed by atoms with E-state index >= 15 is 0 Å². The van der Waals surface area contributed by atoms with Gasteiger partial charge in [-0.15, -0.1) is 0 Å². The lowest BCUT2D eigenvalue weighted by Gasteiger charge is -2.15. The zero-order chi connectivity index (χ0) is 18.9. The van der Waals surface area contributed by atoms with Gasteiger partial charge in [-0.05, 0) is 49.1 Å². The number of nitrogens with one attached hydrogen (secondary N) is 2. The Hall–Kier alpha value is -2.00. The zero-order valence-corrected chi connectivity index (χ0v) is 14.2. The highest BCUT2D eigenvalue weighted by molar-refractivity contribution is 7.83. The normalized spacial score (nSPS) is 15.7. The molecule has 0 spiro atoms. The maximum absolute atomic E-state index is 13.7. The van der Waals surface area contributed by atoms with E-state index in [1.54, 1.807) is 0 Å². The number of rotatable bonds is 6. The smallest absolute Gasteiger partial charge is 0.353 e. The van der Waals surface area contributed by atoms with E-state index in [2.05, 4.69) is 10.0 Å². The Balaban J connectivity index is 1.86. The number of hydrogen-bond donors (Lipinski definition) is 2. The van der Waals surface area contributed by atoms with Crippen molar-refractivity contribution in [1.82, 2.24) is 4.72 Å². The topological polar surface area (TPSA) is 41.1 Å². The molecule has 0 aliphatic heterocycles. The average Bonchev–Trinajstić information content (AvgIpc) is 3.39. The van der Waals surface area contributed by atoms with E-state index in [9.17, 15) is 26.2 Å². The minimum atomic E-state index is -4.73. The zero-order valence-electron chi connectivity index (χ0n) is 13.4. The van der Waals surface area contributed by atoms with Crippen LogP contribution in [0.2, 0.25) is 0 Å². The van der Waals surface area contributed by atoms with Crippen molar-refractivity contribution >= 4 is 22.4 Å². The van der Waals surface area contributed by atoms with Gasteiger partial charge in [0, 0.05) is 18.3 Å². The molecule has 9 heteroatoms. The quantitative estimate of drug-likeness (QED) is 0.699. The molecule has 0 radical (unpaired) electrons. The van der Waals surface area contributed by atoms with Gasteiger partial charge in [-0.25, -0.2) is 17.7 Å². The molecular weight excluding hydrogens is 375 g/mol. The monoisotopic (exact) mass is 390 g/mol. The first-order valence-electron chi connectivity index (χ1n) is 7.82. The van der Waals surface area contributed by atoms with E-state index in [1.807, 2.05) is 0 Å². The van der Waals surface area contributed by atoms with Crippen LogP contribution in [0.5, 0.6) is 0 Å². The fraction of sp³-hybridized carbons (Fsp3) is 0.294. The van der Waals surface area contributed by atoms with Gasteiger partial charge in [-0.3, -0.25) is 0 Å². The summed E-state index contributed by atoms with van der Waals surface area (Å²) in [6, 6.07) is 5.81. The van der Waals surface area contributed by atoms with E-state index in [-0.39, 0.29) is 16.3 Å². The number of anilines is 2. The first kappa shape index (κ1) is 18.8. The number of benzene rings is 2. The Morgan fingerprint density at radius 1 is 1.08 bits per heavy atom. The van der Waals surface area contributed by atoms with Crippen LogP contribution in [0.4, 0.5) is 33.3 Å². The molecule has 0 saturated heterocycles. The van der Waals surface area contributed by atoms with Gasteiger partial charge in [0.2, 0.25) is 0 Å². The van der Waals surface area contributed by atoms with Gasteiger partial charge in [-0.1, -0.05) is 0 Å². The van der Waals surface area contributed by atoms with Gasteiger partial charge in [-0.2, -0.15) is 13.2 Å². The summed E-state index contributed by atoms with van der Waals surface area (Å²) in [5.41, 5.74) is -1.29. The first-order valence-corrected chi connectivity index (χ1v) is 8.97. The van der Waals surface area contributed by atoms with Gasteiger partial charge in [0.1, 0.15) is 22.6 Å². The second kappa shape index (κ2) is 7.32. The molecule has 1 fully saturated rings. The maximum Gasteiger partial charge on any atom is 0.417 e. The molecule has 1 unspecified atom stereocenters. The third-order valence-electron chi connectivity index (χ3n) is 3.89. The standard InChI is InChI=1S/C17H15F5N2OS/c18-11-3-5-15(14(19)7-11)24-12-4-6-16(13(8-12)17(20,21)22)26(25)23-9-10-1-2-10/h3-8,10,23-24H,1-2,9H2. The molecule has 2 N–H and O–H groups in total. The molecule has 2 aromatic carbocycles. The predicted octanol–water partition coefficient (Wildman–Crippen LogP) is 4.75. The molecular formula is C17H15F5N2OS. The lowest BCUT2D eigenvalue weighted by atomic mass is 10.2. The van der Waals surface area contributed by atoms with E-state index in [4.69, 9.17) is 0 Å². The highest BCUT2D eigenvalue weighted by Gasteiger charge is 2.35. The molecule has 0 aromatic heterocycles. The van der Waals surface area contributed by atoms with E-state index < -0.39 is 34.4 Å². The fourth-order valence-electron chi connectivity index (χ4n) is 2.33. The largest absolute Gasteiger partial charge is 0.417 e. The van der Waals surface area contributed by atoms with Crippen LogP contribution in [0.3, 0.4) is 0 Å². The van der Waals surface area contributed by atoms with Crippen LogP contribution >= 0.6 is 0 Å². The lowest BCUT2D eigenvalue weighted by molar-refractivity contribution is -0.139. The van der Waals surface area contributed by atoms with E-state index in [0.717, 1.165) is 37.1 Å². The Morgan fingerprint density at radius 3 is 2.42 bits per heavy atom. The van der Waals surface area contributed by atoms with Gasteiger partial charge in [0.25, 0.3) is 0 Å². The maximum atomic E-state index is 13.7. The van der Waals surface area contributed by atoms with Crippen molar-refractivity contribution in [2.24, 2.45) is 5.92 Å². The molecule has 0 heterocycles. The summed E-state index contributed by atoms with van der Waals surface area (Å²) < 4.78 is 81.5. The average molecular weight is 390 g/mol. The molecule has 1 aliphatic rings. The SMILES string of the molecule is O=S(NCC1CC1)c1ccc(Nc2ccc(F)cc2F)cc1C(F)(F)F. The van der Waals surface area contributed by atoms with Gasteiger partial charge in [0.05, 0.1) is 16.1 Å². The van der Waals surface area contributed by atoms with Crippen LogP contribution < -0.4 is 10.0 Å². The molecule has 1 saturated carbocycles. The molecule has 26 heavy (non-hydrogen) atoms. The van der Waals surface area contributed by atoms with Crippen LogP contribution in [-0.2, 0) is 17.2 Å². The molecule has 3 rings (SSSR count). The summed E-state index contributed by atoms with van der Waals surface area (Å²) in [5, 5.41) is 2.48.